The topological polar surface area (TPSA) is 119 Å². The van der Waals surface area contributed by atoms with E-state index in [9.17, 15) is 14.7 Å². The van der Waals surface area contributed by atoms with Gasteiger partial charge >= 0.3 is 12.1 Å². The van der Waals surface area contributed by atoms with E-state index < -0.39 is 17.7 Å². The Bertz CT molecular complexity index is 1030. The van der Waals surface area contributed by atoms with Gasteiger partial charge in [-0.2, -0.15) is 5.10 Å². The number of amides is 1. The summed E-state index contributed by atoms with van der Waals surface area (Å²) in [6.07, 6.45) is 2.53. The summed E-state index contributed by atoms with van der Waals surface area (Å²) in [6, 6.07) is 8.38. The molecular weight excluding hydrogens is 374 g/mol. The highest BCUT2D eigenvalue weighted by atomic mass is 16.6. The number of carboxylic acid groups (broad SMARTS) is 1. The molecule has 3 aromatic rings. The van der Waals surface area contributed by atoms with Crippen LogP contribution in [0.15, 0.2) is 42.7 Å². The second kappa shape index (κ2) is 7.70. The van der Waals surface area contributed by atoms with Gasteiger partial charge in [0.1, 0.15) is 11.4 Å². The summed E-state index contributed by atoms with van der Waals surface area (Å²) < 4.78 is 6.69. The van der Waals surface area contributed by atoms with Gasteiger partial charge in [0.2, 0.25) is 0 Å². The van der Waals surface area contributed by atoms with Gasteiger partial charge in [0, 0.05) is 17.5 Å². The highest BCUT2D eigenvalue weighted by Crippen LogP contribution is 2.24. The number of hydrogen-bond donors (Lipinski definition) is 2. The standard InChI is InChI=1S/C20H21N5O4/c1-12-5-7-14(11-21-12)25-16(9-15(24-25)18(26)27)13-6-8-17(22-10-13)23-19(28)29-20(2,3)4/h5-11H,1-4H3,(H,26,27)(H,22,23,28). The lowest BCUT2D eigenvalue weighted by atomic mass is 10.2. The summed E-state index contributed by atoms with van der Waals surface area (Å²) in [6.45, 7) is 7.16. The number of anilines is 1. The molecule has 9 heteroatoms. The van der Waals surface area contributed by atoms with Gasteiger partial charge in [-0.1, -0.05) is 0 Å². The molecule has 0 spiro atoms. The van der Waals surface area contributed by atoms with Gasteiger partial charge < -0.3 is 9.84 Å². The number of hydrogen-bond acceptors (Lipinski definition) is 6. The van der Waals surface area contributed by atoms with Crippen LogP contribution in [-0.2, 0) is 4.74 Å². The lowest BCUT2D eigenvalue weighted by molar-refractivity contribution is 0.0633. The van der Waals surface area contributed by atoms with E-state index in [-0.39, 0.29) is 5.69 Å². The number of aromatic carboxylic acids is 1. The van der Waals surface area contributed by atoms with Crippen LogP contribution in [0.5, 0.6) is 0 Å². The number of carbonyl (C=O) groups is 2. The van der Waals surface area contributed by atoms with Gasteiger partial charge in [-0.25, -0.2) is 19.3 Å². The zero-order valence-electron chi connectivity index (χ0n) is 16.5. The predicted molar refractivity (Wildman–Crippen MR) is 106 cm³/mol. The van der Waals surface area contributed by atoms with Crippen LogP contribution in [0.4, 0.5) is 10.6 Å². The molecule has 0 bridgehead atoms. The van der Waals surface area contributed by atoms with E-state index in [0.717, 1.165) is 5.69 Å². The minimum Gasteiger partial charge on any atom is -0.476 e. The molecule has 29 heavy (non-hydrogen) atoms. The van der Waals surface area contributed by atoms with Gasteiger partial charge in [0.15, 0.2) is 5.69 Å². The quantitative estimate of drug-likeness (QED) is 0.691. The Kier molecular flexibility index (Phi) is 5.31. The molecule has 0 unspecified atom stereocenters. The number of aromatic nitrogens is 4. The molecule has 3 rings (SSSR count). The number of nitrogens with zero attached hydrogens (tertiary/aromatic N) is 4. The van der Waals surface area contributed by atoms with Crippen molar-refractivity contribution >= 4 is 17.9 Å². The van der Waals surface area contributed by atoms with E-state index in [2.05, 4.69) is 20.4 Å². The first-order valence-electron chi connectivity index (χ1n) is 8.85. The first-order chi connectivity index (χ1) is 13.6. The Labute approximate surface area is 167 Å². The molecule has 0 aliphatic heterocycles. The normalized spacial score (nSPS) is 11.2. The van der Waals surface area contributed by atoms with Crippen LogP contribution in [0.3, 0.4) is 0 Å². The monoisotopic (exact) mass is 395 g/mol. The summed E-state index contributed by atoms with van der Waals surface area (Å²) in [5.74, 6) is -0.828. The van der Waals surface area contributed by atoms with Crippen molar-refractivity contribution in [1.82, 2.24) is 19.7 Å². The minimum atomic E-state index is -1.14. The van der Waals surface area contributed by atoms with Crippen molar-refractivity contribution in [2.45, 2.75) is 33.3 Å². The molecule has 150 valence electrons. The number of aryl methyl sites for hydroxylation is 1. The summed E-state index contributed by atoms with van der Waals surface area (Å²) in [4.78, 5) is 31.7. The molecule has 0 aliphatic rings. The zero-order valence-corrected chi connectivity index (χ0v) is 16.5. The number of nitrogens with one attached hydrogen (secondary N) is 1. The average molecular weight is 395 g/mol. The third-order valence-electron chi connectivity index (χ3n) is 3.76. The number of carboxylic acids is 1. The molecule has 2 N–H and O–H groups in total. The summed E-state index contributed by atoms with van der Waals surface area (Å²) >= 11 is 0. The van der Waals surface area contributed by atoms with E-state index in [1.165, 1.54) is 16.9 Å². The summed E-state index contributed by atoms with van der Waals surface area (Å²) in [5.41, 5.74) is 1.89. The highest BCUT2D eigenvalue weighted by Gasteiger charge is 2.18. The number of ether oxygens (including phenoxy) is 1. The molecular formula is C20H21N5O4. The molecule has 1 amide bonds. The van der Waals surface area contributed by atoms with Crippen LogP contribution >= 0.6 is 0 Å². The maximum absolute atomic E-state index is 11.9. The average Bonchev–Trinajstić information content (AvgIpc) is 3.07. The largest absolute Gasteiger partial charge is 0.476 e. The third kappa shape index (κ3) is 4.95. The van der Waals surface area contributed by atoms with Gasteiger partial charge in [-0.15, -0.1) is 0 Å². The predicted octanol–water partition coefficient (Wildman–Crippen LogP) is 3.68. The molecule has 0 fully saturated rings. The van der Waals surface area contributed by atoms with Crippen LogP contribution in [0.2, 0.25) is 0 Å². The van der Waals surface area contributed by atoms with Crippen molar-refractivity contribution in [1.29, 1.82) is 0 Å². The third-order valence-corrected chi connectivity index (χ3v) is 3.76. The molecule has 0 saturated carbocycles. The Balaban J connectivity index is 1.91. The van der Waals surface area contributed by atoms with E-state index in [1.54, 1.807) is 45.2 Å². The van der Waals surface area contributed by atoms with Crippen LogP contribution in [0, 0.1) is 6.92 Å². The molecule has 3 aromatic heterocycles. The second-order valence-electron chi connectivity index (χ2n) is 7.35. The van der Waals surface area contributed by atoms with Crippen LogP contribution in [0.25, 0.3) is 16.9 Å². The van der Waals surface area contributed by atoms with E-state index in [0.29, 0.717) is 22.8 Å². The summed E-state index contributed by atoms with van der Waals surface area (Å²) in [5, 5.41) is 16.0. The molecule has 0 saturated heterocycles. The first kappa shape index (κ1) is 20.0. The second-order valence-corrected chi connectivity index (χ2v) is 7.35. The Morgan fingerprint density at radius 1 is 1.10 bits per heavy atom. The van der Waals surface area contributed by atoms with Gasteiger partial charge in [-0.05, 0) is 58.0 Å². The molecule has 9 nitrogen and oxygen atoms in total. The number of pyridine rings is 2. The van der Waals surface area contributed by atoms with Crippen molar-refractivity contribution < 1.29 is 19.4 Å². The van der Waals surface area contributed by atoms with E-state index >= 15 is 0 Å². The first-order valence-corrected chi connectivity index (χ1v) is 8.85. The summed E-state index contributed by atoms with van der Waals surface area (Å²) in [7, 11) is 0. The van der Waals surface area contributed by atoms with E-state index in [4.69, 9.17) is 4.74 Å². The molecule has 3 heterocycles. The fraction of sp³-hybridized carbons (Fsp3) is 0.250. The fourth-order valence-corrected chi connectivity index (χ4v) is 2.50. The maximum atomic E-state index is 11.9. The molecule has 0 aliphatic carbocycles. The maximum Gasteiger partial charge on any atom is 0.413 e. The Hall–Kier alpha value is -3.75. The van der Waals surface area contributed by atoms with E-state index in [1.807, 2.05) is 13.0 Å². The van der Waals surface area contributed by atoms with Gasteiger partial charge in [-0.3, -0.25) is 10.3 Å². The Morgan fingerprint density at radius 3 is 2.41 bits per heavy atom. The smallest absolute Gasteiger partial charge is 0.413 e. The number of carbonyl (C=O) groups excluding carboxylic acids is 1. The lowest BCUT2D eigenvalue weighted by Crippen LogP contribution is -2.27. The SMILES string of the molecule is Cc1ccc(-n2nc(C(=O)O)cc2-c2ccc(NC(=O)OC(C)(C)C)nc2)cn1. The lowest BCUT2D eigenvalue weighted by Gasteiger charge is -2.19. The number of rotatable bonds is 4. The molecule has 0 radical (unpaired) electrons. The van der Waals surface area contributed by atoms with Crippen LogP contribution in [0.1, 0.15) is 37.0 Å². The van der Waals surface area contributed by atoms with Crippen LogP contribution in [-0.4, -0.2) is 42.5 Å². The van der Waals surface area contributed by atoms with Crippen molar-refractivity contribution in [3.8, 4) is 16.9 Å². The Morgan fingerprint density at radius 2 is 1.86 bits per heavy atom. The van der Waals surface area contributed by atoms with Crippen molar-refractivity contribution in [2.75, 3.05) is 5.32 Å². The zero-order chi connectivity index (χ0) is 21.2. The highest BCUT2D eigenvalue weighted by molar-refractivity contribution is 5.87. The van der Waals surface area contributed by atoms with Crippen molar-refractivity contribution in [3.05, 3.63) is 54.1 Å². The van der Waals surface area contributed by atoms with Gasteiger partial charge in [0.25, 0.3) is 0 Å². The van der Waals surface area contributed by atoms with Crippen molar-refractivity contribution in [3.63, 3.8) is 0 Å². The molecule has 0 aromatic carbocycles. The van der Waals surface area contributed by atoms with Gasteiger partial charge in [0.05, 0.1) is 17.6 Å². The van der Waals surface area contributed by atoms with Crippen molar-refractivity contribution in [2.24, 2.45) is 0 Å². The van der Waals surface area contributed by atoms with Crippen LogP contribution < -0.4 is 5.32 Å². The fourth-order valence-electron chi connectivity index (χ4n) is 2.50. The minimum absolute atomic E-state index is 0.100. The molecule has 0 atom stereocenters.